The average Bonchev–Trinajstić information content (AvgIpc) is 3.08. The number of thioether (sulfide) groups is 1. The van der Waals surface area contributed by atoms with Crippen molar-refractivity contribution in [3.8, 4) is 0 Å². The van der Waals surface area contributed by atoms with E-state index in [1.54, 1.807) is 11.3 Å². The SMILES string of the molecule is O=c1[nH]c(SCc2csc(Nc3ccccc3)n2)nc2c1CCCC2. The van der Waals surface area contributed by atoms with Crippen LogP contribution in [0.1, 0.15) is 29.8 Å². The predicted octanol–water partition coefficient (Wildman–Crippen LogP) is 4.14. The summed E-state index contributed by atoms with van der Waals surface area (Å²) in [7, 11) is 0. The summed E-state index contributed by atoms with van der Waals surface area (Å²) in [5.74, 6) is 0.689. The maximum absolute atomic E-state index is 12.2. The van der Waals surface area contributed by atoms with Gasteiger partial charge in [-0.25, -0.2) is 9.97 Å². The molecule has 1 aliphatic carbocycles. The number of aromatic nitrogens is 3. The first-order valence-electron chi connectivity index (χ1n) is 8.29. The van der Waals surface area contributed by atoms with Crippen LogP contribution in [0.3, 0.4) is 0 Å². The largest absolute Gasteiger partial charge is 0.332 e. The molecule has 7 heteroatoms. The van der Waals surface area contributed by atoms with Crippen LogP contribution in [0, 0.1) is 0 Å². The third kappa shape index (κ3) is 3.93. The second-order valence-electron chi connectivity index (χ2n) is 5.93. The molecule has 2 aromatic heterocycles. The fourth-order valence-electron chi connectivity index (χ4n) is 2.87. The highest BCUT2D eigenvalue weighted by molar-refractivity contribution is 7.98. The highest BCUT2D eigenvalue weighted by Crippen LogP contribution is 2.26. The van der Waals surface area contributed by atoms with Crippen LogP contribution in [0.4, 0.5) is 10.8 Å². The number of hydrogen-bond acceptors (Lipinski definition) is 6. The van der Waals surface area contributed by atoms with Gasteiger partial charge in [0.25, 0.3) is 5.56 Å². The number of aromatic amines is 1. The lowest BCUT2D eigenvalue weighted by molar-refractivity contribution is 0.641. The van der Waals surface area contributed by atoms with Gasteiger partial charge < -0.3 is 10.3 Å². The Hall–Kier alpha value is -2.12. The molecule has 0 amide bonds. The van der Waals surface area contributed by atoms with Crippen molar-refractivity contribution in [2.24, 2.45) is 0 Å². The number of rotatable bonds is 5. The molecule has 0 saturated carbocycles. The summed E-state index contributed by atoms with van der Waals surface area (Å²) in [6.45, 7) is 0. The molecule has 2 N–H and O–H groups in total. The first-order valence-corrected chi connectivity index (χ1v) is 10.2. The van der Waals surface area contributed by atoms with Crippen molar-refractivity contribution in [1.82, 2.24) is 15.0 Å². The number of anilines is 2. The van der Waals surface area contributed by atoms with Crippen molar-refractivity contribution in [1.29, 1.82) is 0 Å². The highest BCUT2D eigenvalue weighted by atomic mass is 32.2. The smallest absolute Gasteiger partial charge is 0.254 e. The predicted molar refractivity (Wildman–Crippen MR) is 103 cm³/mol. The minimum Gasteiger partial charge on any atom is -0.332 e. The molecule has 2 heterocycles. The number of hydrogen-bond donors (Lipinski definition) is 2. The fourth-order valence-corrected chi connectivity index (χ4v) is 4.47. The number of nitrogens with zero attached hydrogens (tertiary/aromatic N) is 2. The number of thiazole rings is 1. The summed E-state index contributed by atoms with van der Waals surface area (Å²) >= 11 is 3.11. The van der Waals surface area contributed by atoms with Gasteiger partial charge >= 0.3 is 0 Å². The molecule has 0 radical (unpaired) electrons. The quantitative estimate of drug-likeness (QED) is 0.522. The Kier molecular flexibility index (Phi) is 4.85. The van der Waals surface area contributed by atoms with Gasteiger partial charge in [0.05, 0.1) is 11.4 Å². The van der Waals surface area contributed by atoms with Crippen molar-refractivity contribution in [2.75, 3.05) is 5.32 Å². The zero-order chi connectivity index (χ0) is 17.1. The van der Waals surface area contributed by atoms with Crippen LogP contribution in [-0.2, 0) is 18.6 Å². The lowest BCUT2D eigenvalue weighted by Gasteiger charge is -2.14. The number of benzene rings is 1. The number of aryl methyl sites for hydroxylation is 1. The maximum atomic E-state index is 12.2. The van der Waals surface area contributed by atoms with Crippen molar-refractivity contribution in [3.63, 3.8) is 0 Å². The zero-order valence-electron chi connectivity index (χ0n) is 13.6. The summed E-state index contributed by atoms with van der Waals surface area (Å²) in [5.41, 5.74) is 3.88. The second kappa shape index (κ2) is 7.41. The van der Waals surface area contributed by atoms with Gasteiger partial charge in [-0.2, -0.15) is 0 Å². The van der Waals surface area contributed by atoms with Gasteiger partial charge in [0.15, 0.2) is 10.3 Å². The normalized spacial score (nSPS) is 13.4. The number of fused-ring (bicyclic) bond motifs is 1. The number of H-pyrrole nitrogens is 1. The Labute approximate surface area is 153 Å². The van der Waals surface area contributed by atoms with Crippen molar-refractivity contribution in [2.45, 2.75) is 36.6 Å². The second-order valence-corrected chi connectivity index (χ2v) is 7.75. The first-order chi connectivity index (χ1) is 12.3. The highest BCUT2D eigenvalue weighted by Gasteiger charge is 2.15. The monoisotopic (exact) mass is 370 g/mol. The summed E-state index contributed by atoms with van der Waals surface area (Å²) < 4.78 is 0. The summed E-state index contributed by atoms with van der Waals surface area (Å²) in [6.07, 6.45) is 3.96. The Morgan fingerprint density at radius 3 is 2.88 bits per heavy atom. The van der Waals surface area contributed by atoms with Crippen LogP contribution in [0.2, 0.25) is 0 Å². The van der Waals surface area contributed by atoms with E-state index in [9.17, 15) is 4.79 Å². The van der Waals surface area contributed by atoms with Crippen LogP contribution < -0.4 is 10.9 Å². The lowest BCUT2D eigenvalue weighted by Crippen LogP contribution is -2.21. The summed E-state index contributed by atoms with van der Waals surface area (Å²) in [5, 5.41) is 6.89. The van der Waals surface area contributed by atoms with Crippen molar-refractivity contribution < 1.29 is 0 Å². The molecule has 4 rings (SSSR count). The van der Waals surface area contributed by atoms with Crippen molar-refractivity contribution in [3.05, 3.63) is 63.0 Å². The van der Waals surface area contributed by atoms with Crippen LogP contribution in [0.15, 0.2) is 45.7 Å². The van der Waals surface area contributed by atoms with Crippen LogP contribution in [0.25, 0.3) is 0 Å². The van der Waals surface area contributed by atoms with Gasteiger partial charge in [0.1, 0.15) is 0 Å². The molecule has 128 valence electrons. The number of para-hydroxylation sites is 1. The Morgan fingerprint density at radius 1 is 1.16 bits per heavy atom. The molecule has 0 bridgehead atoms. The van der Waals surface area contributed by atoms with E-state index in [0.717, 1.165) is 53.5 Å². The van der Waals surface area contributed by atoms with Gasteiger partial charge in [-0.05, 0) is 37.8 Å². The third-order valence-electron chi connectivity index (χ3n) is 4.10. The van der Waals surface area contributed by atoms with E-state index in [1.165, 1.54) is 11.8 Å². The lowest BCUT2D eigenvalue weighted by atomic mass is 9.97. The molecule has 0 unspecified atom stereocenters. The van der Waals surface area contributed by atoms with E-state index in [1.807, 2.05) is 35.7 Å². The summed E-state index contributed by atoms with van der Waals surface area (Å²) in [6, 6.07) is 9.99. The molecule has 1 aliphatic rings. The molecule has 0 aliphatic heterocycles. The van der Waals surface area contributed by atoms with Gasteiger partial charge in [-0.3, -0.25) is 4.79 Å². The molecule has 25 heavy (non-hydrogen) atoms. The number of nitrogens with one attached hydrogen (secondary N) is 2. The Balaban J connectivity index is 1.42. The topological polar surface area (TPSA) is 70.7 Å². The average molecular weight is 371 g/mol. The standard InChI is InChI=1S/C18H18N4OS2/c23-16-14-8-4-5-9-15(14)21-18(22-16)25-11-13-10-24-17(20-13)19-12-6-2-1-3-7-12/h1-3,6-7,10H,4-5,8-9,11H2,(H,19,20)(H,21,22,23). The Bertz CT molecular complexity index is 920. The minimum absolute atomic E-state index is 0.0249. The molecular formula is C18H18N4OS2. The van der Waals surface area contributed by atoms with Gasteiger partial charge in [0, 0.05) is 22.4 Å². The molecule has 1 aromatic carbocycles. The molecule has 0 fully saturated rings. The van der Waals surface area contributed by atoms with Crippen LogP contribution >= 0.6 is 23.1 Å². The van der Waals surface area contributed by atoms with Crippen LogP contribution in [0.5, 0.6) is 0 Å². The van der Waals surface area contributed by atoms with E-state index in [4.69, 9.17) is 0 Å². The Morgan fingerprint density at radius 2 is 2.00 bits per heavy atom. The summed E-state index contributed by atoms with van der Waals surface area (Å²) in [4.78, 5) is 24.3. The third-order valence-corrected chi connectivity index (χ3v) is 5.82. The van der Waals surface area contributed by atoms with Gasteiger partial charge in [0.2, 0.25) is 0 Å². The van der Waals surface area contributed by atoms with Crippen LogP contribution in [-0.4, -0.2) is 15.0 Å². The molecule has 0 atom stereocenters. The molecule has 0 spiro atoms. The zero-order valence-corrected chi connectivity index (χ0v) is 15.3. The molecule has 3 aromatic rings. The molecule has 0 saturated heterocycles. The fraction of sp³-hybridized carbons (Fsp3) is 0.278. The van der Waals surface area contributed by atoms with E-state index in [-0.39, 0.29) is 5.56 Å². The van der Waals surface area contributed by atoms with Crippen molar-refractivity contribution >= 4 is 33.9 Å². The van der Waals surface area contributed by atoms with E-state index < -0.39 is 0 Å². The van der Waals surface area contributed by atoms with E-state index >= 15 is 0 Å². The first kappa shape index (κ1) is 16.4. The molecule has 5 nitrogen and oxygen atoms in total. The van der Waals surface area contributed by atoms with E-state index in [0.29, 0.717) is 10.9 Å². The minimum atomic E-state index is 0.0249. The van der Waals surface area contributed by atoms with Gasteiger partial charge in [-0.15, -0.1) is 11.3 Å². The van der Waals surface area contributed by atoms with E-state index in [2.05, 4.69) is 20.3 Å². The maximum Gasteiger partial charge on any atom is 0.254 e. The molecular weight excluding hydrogens is 352 g/mol. The van der Waals surface area contributed by atoms with Gasteiger partial charge in [-0.1, -0.05) is 30.0 Å².